The van der Waals surface area contributed by atoms with Crippen LogP contribution in [0.25, 0.3) is 10.4 Å². The fourth-order valence-electron chi connectivity index (χ4n) is 5.29. The van der Waals surface area contributed by atoms with Gasteiger partial charge in [-0.1, -0.05) is 24.3 Å². The SMILES string of the molecule is Cc1ccc(NC2CN(P(=O)(O)O)C2)cc1C(=O)NC(C)c1cccc(-c2ccc(CN[C@H]3CC[C@@H](O)C3)s2)c1. The number of benzene rings is 2. The molecule has 2 aromatic carbocycles. The lowest BCUT2D eigenvalue weighted by Gasteiger charge is -2.39. The molecule has 2 heterocycles. The predicted molar refractivity (Wildman–Crippen MR) is 158 cm³/mol. The molecule has 6 N–H and O–H groups in total. The zero-order valence-electron chi connectivity index (χ0n) is 22.7. The maximum absolute atomic E-state index is 13.2. The number of hydrogen-bond acceptors (Lipinski definition) is 6. The van der Waals surface area contributed by atoms with Gasteiger partial charge in [-0.05, 0) is 80.1 Å². The van der Waals surface area contributed by atoms with Gasteiger partial charge in [-0.25, -0.2) is 9.24 Å². The summed E-state index contributed by atoms with van der Waals surface area (Å²) < 4.78 is 12.5. The Bertz CT molecular complexity index is 1400. The smallest absolute Gasteiger partial charge is 0.393 e. The first-order chi connectivity index (χ1) is 19.0. The zero-order chi connectivity index (χ0) is 28.4. The molecule has 1 amide bonds. The summed E-state index contributed by atoms with van der Waals surface area (Å²) in [6.45, 7) is 5.16. The highest BCUT2D eigenvalue weighted by Crippen LogP contribution is 2.44. The number of aryl methyl sites for hydroxylation is 1. The minimum atomic E-state index is -4.20. The lowest BCUT2D eigenvalue weighted by atomic mass is 10.0. The molecular weight excluding hydrogens is 547 g/mol. The standard InChI is InChI=1S/C29H37N4O5PS/c1-18-6-7-23(32-24-16-33(17-24)39(36,37)38)14-27(18)29(35)31-19(2)20-4-3-5-21(12-20)28-11-10-26(40-28)15-30-22-8-9-25(34)13-22/h3-7,10-12,14,19,22,24-25,30,32,34H,8-9,13,15-17H2,1-2H3,(H,31,35)(H2,36,37,38)/t19?,22-,25+/m0/s1. The number of anilines is 1. The number of nitrogens with zero attached hydrogens (tertiary/aromatic N) is 1. The lowest BCUT2D eigenvalue weighted by molar-refractivity contribution is 0.0939. The van der Waals surface area contributed by atoms with Crippen LogP contribution < -0.4 is 16.0 Å². The van der Waals surface area contributed by atoms with Crippen molar-refractivity contribution in [2.45, 2.75) is 63.9 Å². The molecule has 1 saturated heterocycles. The summed E-state index contributed by atoms with van der Waals surface area (Å²) in [5.41, 5.74) is 4.27. The average molecular weight is 585 g/mol. The van der Waals surface area contributed by atoms with Gasteiger partial charge in [0.05, 0.1) is 18.2 Å². The van der Waals surface area contributed by atoms with Crippen molar-refractivity contribution in [1.82, 2.24) is 15.3 Å². The van der Waals surface area contributed by atoms with E-state index in [9.17, 15) is 24.3 Å². The lowest BCUT2D eigenvalue weighted by Crippen LogP contribution is -2.52. The number of thiophene rings is 1. The quantitative estimate of drug-likeness (QED) is 0.193. The van der Waals surface area contributed by atoms with E-state index < -0.39 is 7.75 Å². The van der Waals surface area contributed by atoms with Crippen LogP contribution in [-0.2, 0) is 11.1 Å². The molecule has 1 aliphatic carbocycles. The molecule has 2 aliphatic rings. The first kappa shape index (κ1) is 29.0. The number of hydrogen-bond donors (Lipinski definition) is 6. The first-order valence-electron chi connectivity index (χ1n) is 13.6. The summed E-state index contributed by atoms with van der Waals surface area (Å²) in [6.07, 6.45) is 2.54. The van der Waals surface area contributed by atoms with Crippen molar-refractivity contribution in [2.24, 2.45) is 0 Å². The van der Waals surface area contributed by atoms with Crippen LogP contribution in [0.5, 0.6) is 0 Å². The summed E-state index contributed by atoms with van der Waals surface area (Å²) >= 11 is 1.75. The molecule has 9 nitrogen and oxygen atoms in total. The Labute approximate surface area is 238 Å². The van der Waals surface area contributed by atoms with E-state index in [1.54, 1.807) is 17.4 Å². The highest BCUT2D eigenvalue weighted by atomic mass is 32.1. The Hall–Kier alpha value is -2.56. The van der Waals surface area contributed by atoms with Crippen molar-refractivity contribution in [1.29, 1.82) is 0 Å². The number of amides is 1. The molecule has 0 spiro atoms. The van der Waals surface area contributed by atoms with Crippen LogP contribution in [0.2, 0.25) is 0 Å². The molecule has 0 radical (unpaired) electrons. The number of carbonyl (C=O) groups is 1. The van der Waals surface area contributed by atoms with Gasteiger partial charge < -0.3 is 30.8 Å². The fraction of sp³-hybridized carbons (Fsp3) is 0.414. The van der Waals surface area contributed by atoms with Crippen LogP contribution in [0.1, 0.15) is 58.6 Å². The Morgan fingerprint density at radius 1 is 1.10 bits per heavy atom. The van der Waals surface area contributed by atoms with Crippen LogP contribution >= 0.6 is 19.1 Å². The van der Waals surface area contributed by atoms with E-state index in [1.807, 2.05) is 38.1 Å². The van der Waals surface area contributed by atoms with E-state index in [-0.39, 0.29) is 37.2 Å². The van der Waals surface area contributed by atoms with Gasteiger partial charge in [0.25, 0.3) is 5.91 Å². The van der Waals surface area contributed by atoms with Crippen molar-refractivity contribution < 1.29 is 24.3 Å². The van der Waals surface area contributed by atoms with Crippen LogP contribution in [0.3, 0.4) is 0 Å². The molecule has 1 aliphatic heterocycles. The average Bonchev–Trinajstić information content (AvgIpc) is 3.53. The van der Waals surface area contributed by atoms with Crippen LogP contribution in [0.15, 0.2) is 54.6 Å². The zero-order valence-corrected chi connectivity index (χ0v) is 24.4. The van der Waals surface area contributed by atoms with E-state index in [0.717, 1.165) is 52.9 Å². The predicted octanol–water partition coefficient (Wildman–Crippen LogP) is 4.41. The summed E-state index contributed by atoms with van der Waals surface area (Å²) in [6, 6.07) is 18.2. The third-order valence-corrected chi connectivity index (χ3v) is 9.93. The molecule has 40 heavy (non-hydrogen) atoms. The molecule has 3 atom stereocenters. The van der Waals surface area contributed by atoms with Crippen LogP contribution in [-0.4, -0.2) is 56.7 Å². The summed E-state index contributed by atoms with van der Waals surface area (Å²) in [7, 11) is -4.20. The summed E-state index contributed by atoms with van der Waals surface area (Å²) in [5, 5.41) is 19.7. The summed E-state index contributed by atoms with van der Waals surface area (Å²) in [5.74, 6) is -0.175. The van der Waals surface area contributed by atoms with E-state index >= 15 is 0 Å². The largest absolute Gasteiger partial charge is 0.403 e. The number of rotatable bonds is 10. The third kappa shape index (κ3) is 7.01. The van der Waals surface area contributed by atoms with E-state index in [0.29, 0.717) is 11.6 Å². The van der Waals surface area contributed by atoms with Gasteiger partial charge in [0.2, 0.25) is 0 Å². The second-order valence-electron chi connectivity index (χ2n) is 10.9. The first-order valence-corrected chi connectivity index (χ1v) is 16.0. The molecule has 1 aromatic heterocycles. The molecule has 3 aromatic rings. The number of aliphatic hydroxyl groups excluding tert-OH is 1. The minimum absolute atomic E-state index is 0.0861. The van der Waals surface area contributed by atoms with Gasteiger partial charge in [0.1, 0.15) is 0 Å². The maximum Gasteiger partial charge on any atom is 0.403 e. The van der Waals surface area contributed by atoms with Gasteiger partial charge >= 0.3 is 7.75 Å². The summed E-state index contributed by atoms with van der Waals surface area (Å²) in [4.78, 5) is 34.2. The van der Waals surface area contributed by atoms with Gasteiger partial charge in [0.15, 0.2) is 0 Å². The topological polar surface area (TPSA) is 134 Å². The van der Waals surface area contributed by atoms with Crippen molar-refractivity contribution >= 4 is 30.7 Å². The second-order valence-corrected chi connectivity index (χ2v) is 13.6. The minimum Gasteiger partial charge on any atom is -0.393 e. The van der Waals surface area contributed by atoms with Crippen molar-refractivity contribution in [3.63, 3.8) is 0 Å². The maximum atomic E-state index is 13.2. The van der Waals surface area contributed by atoms with E-state index in [4.69, 9.17) is 0 Å². The highest BCUT2D eigenvalue weighted by Gasteiger charge is 2.37. The van der Waals surface area contributed by atoms with Crippen LogP contribution in [0, 0.1) is 6.92 Å². The molecule has 0 bridgehead atoms. The molecular formula is C29H37N4O5PS. The van der Waals surface area contributed by atoms with Gasteiger partial charge in [-0.15, -0.1) is 11.3 Å². The molecule has 2 fully saturated rings. The molecule has 214 valence electrons. The van der Waals surface area contributed by atoms with Crippen molar-refractivity contribution in [3.8, 4) is 10.4 Å². The number of carbonyl (C=O) groups excluding carboxylic acids is 1. The Kier molecular flexibility index (Phi) is 8.78. The molecule has 1 saturated carbocycles. The van der Waals surface area contributed by atoms with Crippen molar-refractivity contribution in [2.75, 3.05) is 18.4 Å². The monoisotopic (exact) mass is 584 g/mol. The Morgan fingerprint density at radius 3 is 2.62 bits per heavy atom. The van der Waals surface area contributed by atoms with E-state index in [2.05, 4.69) is 40.2 Å². The number of aliphatic hydroxyl groups is 1. The fourth-order valence-corrected chi connectivity index (χ4v) is 7.06. The molecule has 5 rings (SSSR count). The highest BCUT2D eigenvalue weighted by molar-refractivity contribution is 7.49. The molecule has 1 unspecified atom stereocenters. The van der Waals surface area contributed by atoms with Gasteiger partial charge in [-0.2, -0.15) is 0 Å². The Balaban J connectivity index is 1.19. The van der Waals surface area contributed by atoms with E-state index in [1.165, 1.54) is 9.75 Å². The Morgan fingerprint density at radius 2 is 1.90 bits per heavy atom. The molecule has 11 heteroatoms. The number of nitrogens with one attached hydrogen (secondary N) is 3. The normalized spacial score (nSPS) is 20.7. The third-order valence-electron chi connectivity index (χ3n) is 7.73. The van der Waals surface area contributed by atoms with Gasteiger partial charge in [0, 0.05) is 46.7 Å². The second kappa shape index (κ2) is 12.1. The van der Waals surface area contributed by atoms with Gasteiger partial charge in [-0.3, -0.25) is 4.79 Å². The van der Waals surface area contributed by atoms with Crippen LogP contribution in [0.4, 0.5) is 5.69 Å². The van der Waals surface area contributed by atoms with Crippen molar-refractivity contribution in [3.05, 3.63) is 76.2 Å².